The number of aromatic nitrogens is 3. The van der Waals surface area contributed by atoms with E-state index in [0.29, 0.717) is 28.3 Å². The summed E-state index contributed by atoms with van der Waals surface area (Å²) in [5, 5.41) is 23.4. The molecule has 27 heavy (non-hydrogen) atoms. The second-order valence-electron chi connectivity index (χ2n) is 6.19. The first-order chi connectivity index (χ1) is 12.7. The van der Waals surface area contributed by atoms with E-state index in [1.54, 1.807) is 29.8 Å². The molecule has 3 rings (SSSR count). The molecule has 0 unspecified atom stereocenters. The number of aliphatic carboxylic acids is 1. The van der Waals surface area contributed by atoms with Gasteiger partial charge in [0.2, 0.25) is 5.43 Å². The van der Waals surface area contributed by atoms with Crippen molar-refractivity contribution in [1.29, 1.82) is 0 Å². The number of hydrogen-bond acceptors (Lipinski definition) is 4. The van der Waals surface area contributed by atoms with Crippen molar-refractivity contribution >= 4 is 34.4 Å². The zero-order valence-electron chi connectivity index (χ0n) is 14.6. The van der Waals surface area contributed by atoms with Crippen LogP contribution in [0.5, 0.6) is 0 Å². The molecule has 0 aliphatic heterocycles. The number of benzene rings is 1. The highest BCUT2D eigenvalue weighted by Gasteiger charge is 2.17. The SMILES string of the molecule is Cc1nn(Cc2ccc3c(c2)c(=O)c(C(=O)O)cn3CC(=O)O)c(C)c1Cl. The van der Waals surface area contributed by atoms with Crippen LogP contribution in [-0.4, -0.2) is 36.5 Å². The number of carbonyl (C=O) groups is 2. The van der Waals surface area contributed by atoms with Crippen LogP contribution in [0.1, 0.15) is 27.3 Å². The Balaban J connectivity index is 2.16. The van der Waals surface area contributed by atoms with Gasteiger partial charge in [0.15, 0.2) is 0 Å². The standard InChI is InChI=1S/C18H16ClN3O5/c1-9-16(19)10(2)22(20-9)6-11-3-4-14-12(5-11)17(25)13(18(26)27)7-21(14)8-15(23)24/h3-5,7H,6,8H2,1-2H3,(H,23,24)(H,26,27). The Kier molecular flexibility index (Phi) is 4.75. The minimum atomic E-state index is -1.41. The Bertz CT molecular complexity index is 1150. The summed E-state index contributed by atoms with van der Waals surface area (Å²) < 4.78 is 2.93. The number of pyridine rings is 1. The quantitative estimate of drug-likeness (QED) is 0.692. The van der Waals surface area contributed by atoms with E-state index in [2.05, 4.69) is 5.10 Å². The van der Waals surface area contributed by atoms with E-state index >= 15 is 0 Å². The molecule has 2 N–H and O–H groups in total. The van der Waals surface area contributed by atoms with Crippen molar-refractivity contribution in [2.45, 2.75) is 26.9 Å². The van der Waals surface area contributed by atoms with Crippen LogP contribution in [0.4, 0.5) is 0 Å². The fourth-order valence-electron chi connectivity index (χ4n) is 2.97. The normalized spacial score (nSPS) is 11.1. The number of carboxylic acid groups (broad SMARTS) is 2. The van der Waals surface area contributed by atoms with Crippen LogP contribution in [0.15, 0.2) is 29.2 Å². The molecule has 0 bridgehead atoms. The van der Waals surface area contributed by atoms with Gasteiger partial charge < -0.3 is 14.8 Å². The lowest BCUT2D eigenvalue weighted by Crippen LogP contribution is -2.21. The number of halogens is 1. The van der Waals surface area contributed by atoms with Crippen molar-refractivity contribution in [3.63, 3.8) is 0 Å². The van der Waals surface area contributed by atoms with Crippen LogP contribution in [0.25, 0.3) is 10.9 Å². The summed E-state index contributed by atoms with van der Waals surface area (Å²) >= 11 is 6.15. The molecule has 0 saturated carbocycles. The topological polar surface area (TPSA) is 114 Å². The largest absolute Gasteiger partial charge is 0.480 e. The first-order valence-electron chi connectivity index (χ1n) is 7.99. The maximum Gasteiger partial charge on any atom is 0.341 e. The van der Waals surface area contributed by atoms with E-state index in [4.69, 9.17) is 16.7 Å². The monoisotopic (exact) mass is 389 g/mol. The van der Waals surface area contributed by atoms with Crippen LogP contribution < -0.4 is 5.43 Å². The molecule has 0 spiro atoms. The molecule has 3 aromatic rings. The summed E-state index contributed by atoms with van der Waals surface area (Å²) in [5.41, 5.74) is 1.39. The fraction of sp³-hybridized carbons (Fsp3) is 0.222. The number of carboxylic acids is 2. The molecule has 1 aromatic carbocycles. The zero-order valence-corrected chi connectivity index (χ0v) is 15.3. The molecule has 0 aliphatic rings. The summed E-state index contributed by atoms with van der Waals surface area (Å²) in [7, 11) is 0. The van der Waals surface area contributed by atoms with Gasteiger partial charge >= 0.3 is 11.9 Å². The number of aryl methyl sites for hydroxylation is 1. The highest BCUT2D eigenvalue weighted by atomic mass is 35.5. The van der Waals surface area contributed by atoms with Crippen molar-refractivity contribution in [3.8, 4) is 0 Å². The summed E-state index contributed by atoms with van der Waals surface area (Å²) in [6, 6.07) is 4.91. The van der Waals surface area contributed by atoms with Crippen LogP contribution >= 0.6 is 11.6 Å². The van der Waals surface area contributed by atoms with E-state index in [0.717, 1.165) is 11.9 Å². The lowest BCUT2D eigenvalue weighted by molar-refractivity contribution is -0.137. The number of nitrogens with zero attached hydrogens (tertiary/aromatic N) is 3. The average Bonchev–Trinajstić information content (AvgIpc) is 2.83. The van der Waals surface area contributed by atoms with Gasteiger partial charge in [0.1, 0.15) is 12.1 Å². The van der Waals surface area contributed by atoms with Crippen molar-refractivity contribution in [2.75, 3.05) is 0 Å². The van der Waals surface area contributed by atoms with Gasteiger partial charge in [0.25, 0.3) is 0 Å². The Hall–Kier alpha value is -3.13. The third-order valence-corrected chi connectivity index (χ3v) is 4.85. The molecular formula is C18H16ClN3O5. The maximum absolute atomic E-state index is 12.6. The molecular weight excluding hydrogens is 374 g/mol. The fourth-order valence-corrected chi connectivity index (χ4v) is 3.11. The Labute approximate surface area is 158 Å². The predicted octanol–water partition coefficient (Wildman–Crippen LogP) is 2.30. The van der Waals surface area contributed by atoms with E-state index in [1.165, 1.54) is 4.57 Å². The molecule has 0 aliphatic carbocycles. The van der Waals surface area contributed by atoms with Crippen LogP contribution in [0, 0.1) is 13.8 Å². The third-order valence-electron chi connectivity index (χ3n) is 4.31. The number of aromatic carboxylic acids is 1. The van der Waals surface area contributed by atoms with Gasteiger partial charge in [-0.1, -0.05) is 17.7 Å². The van der Waals surface area contributed by atoms with Crippen LogP contribution in [0.2, 0.25) is 5.02 Å². The number of hydrogen-bond donors (Lipinski definition) is 2. The van der Waals surface area contributed by atoms with E-state index < -0.39 is 29.5 Å². The van der Waals surface area contributed by atoms with Crippen LogP contribution in [0.3, 0.4) is 0 Å². The van der Waals surface area contributed by atoms with Crippen LogP contribution in [-0.2, 0) is 17.9 Å². The lowest BCUT2D eigenvalue weighted by Gasteiger charge is -2.12. The average molecular weight is 390 g/mol. The van der Waals surface area contributed by atoms with E-state index in [1.807, 2.05) is 6.92 Å². The molecule has 0 atom stereocenters. The third kappa shape index (κ3) is 3.43. The van der Waals surface area contributed by atoms with Crippen molar-refractivity contribution in [1.82, 2.24) is 14.3 Å². The zero-order chi connectivity index (χ0) is 19.9. The first kappa shape index (κ1) is 18.7. The predicted molar refractivity (Wildman–Crippen MR) is 98.6 cm³/mol. The summed E-state index contributed by atoms with van der Waals surface area (Å²) in [5.74, 6) is -2.55. The summed E-state index contributed by atoms with van der Waals surface area (Å²) in [6.45, 7) is 3.50. The Morgan fingerprint density at radius 2 is 1.93 bits per heavy atom. The van der Waals surface area contributed by atoms with Gasteiger partial charge in [-0.2, -0.15) is 5.10 Å². The Morgan fingerprint density at radius 1 is 1.22 bits per heavy atom. The maximum atomic E-state index is 12.6. The van der Waals surface area contributed by atoms with Crippen molar-refractivity contribution < 1.29 is 19.8 Å². The van der Waals surface area contributed by atoms with Gasteiger partial charge in [0, 0.05) is 11.6 Å². The van der Waals surface area contributed by atoms with Gasteiger partial charge in [-0.3, -0.25) is 14.3 Å². The second-order valence-corrected chi connectivity index (χ2v) is 6.57. The van der Waals surface area contributed by atoms with Gasteiger partial charge in [0.05, 0.1) is 28.5 Å². The van der Waals surface area contributed by atoms with E-state index in [-0.39, 0.29) is 5.39 Å². The van der Waals surface area contributed by atoms with Gasteiger partial charge in [-0.25, -0.2) is 4.79 Å². The lowest BCUT2D eigenvalue weighted by atomic mass is 10.1. The summed E-state index contributed by atoms with van der Waals surface area (Å²) in [4.78, 5) is 35.0. The smallest absolute Gasteiger partial charge is 0.341 e. The van der Waals surface area contributed by atoms with Gasteiger partial charge in [-0.15, -0.1) is 0 Å². The molecule has 9 heteroatoms. The van der Waals surface area contributed by atoms with Gasteiger partial charge in [-0.05, 0) is 31.5 Å². The molecule has 8 nitrogen and oxygen atoms in total. The molecule has 0 amide bonds. The highest BCUT2D eigenvalue weighted by molar-refractivity contribution is 6.31. The first-order valence-corrected chi connectivity index (χ1v) is 8.37. The van der Waals surface area contributed by atoms with Crippen molar-refractivity contribution in [2.24, 2.45) is 0 Å². The molecule has 140 valence electrons. The van der Waals surface area contributed by atoms with Crippen molar-refractivity contribution in [3.05, 3.63) is 62.2 Å². The van der Waals surface area contributed by atoms with E-state index in [9.17, 15) is 19.5 Å². The Morgan fingerprint density at radius 3 is 2.48 bits per heavy atom. The molecule has 0 saturated heterocycles. The molecule has 2 aromatic heterocycles. The minimum absolute atomic E-state index is 0.140. The summed E-state index contributed by atoms with van der Waals surface area (Å²) in [6.07, 6.45) is 1.06. The number of fused-ring (bicyclic) bond motifs is 1. The molecule has 0 fully saturated rings. The number of rotatable bonds is 5. The molecule has 2 heterocycles. The molecule has 0 radical (unpaired) electrons. The minimum Gasteiger partial charge on any atom is -0.480 e. The second kappa shape index (κ2) is 6.88. The highest BCUT2D eigenvalue weighted by Crippen LogP contribution is 2.21.